The predicted molar refractivity (Wildman–Crippen MR) is 90.6 cm³/mol. The highest BCUT2D eigenvalue weighted by atomic mass is 15.1. The van der Waals surface area contributed by atoms with Gasteiger partial charge in [0.2, 0.25) is 0 Å². The lowest BCUT2D eigenvalue weighted by atomic mass is 10.0. The minimum atomic E-state index is 1.02. The molecule has 0 amide bonds. The van der Waals surface area contributed by atoms with Crippen LogP contribution in [0.1, 0.15) is 22.4 Å². The number of aromatic nitrogens is 2. The molecule has 3 aromatic rings. The van der Waals surface area contributed by atoms with Crippen molar-refractivity contribution in [2.75, 3.05) is 13.6 Å². The first-order valence-electron chi connectivity index (χ1n) is 7.88. The summed E-state index contributed by atoms with van der Waals surface area (Å²) >= 11 is 0. The Bertz CT molecular complexity index is 843. The van der Waals surface area contributed by atoms with E-state index >= 15 is 0 Å². The molecule has 0 saturated carbocycles. The first-order valence-corrected chi connectivity index (χ1v) is 7.88. The first-order chi connectivity index (χ1) is 10.6. The van der Waals surface area contributed by atoms with E-state index in [4.69, 9.17) is 0 Å². The Morgan fingerprint density at radius 3 is 2.64 bits per heavy atom. The normalized spacial score (nSPS) is 15.2. The van der Waals surface area contributed by atoms with E-state index in [0.29, 0.717) is 0 Å². The molecule has 1 aromatic carbocycles. The van der Waals surface area contributed by atoms with Gasteiger partial charge in [-0.25, -0.2) is 4.98 Å². The van der Waals surface area contributed by atoms with Crippen LogP contribution in [0.25, 0.3) is 16.7 Å². The summed E-state index contributed by atoms with van der Waals surface area (Å²) in [7, 11) is 2.20. The second kappa shape index (κ2) is 4.96. The van der Waals surface area contributed by atoms with Gasteiger partial charge < -0.3 is 4.90 Å². The Hall–Kier alpha value is -2.13. The molecule has 4 rings (SSSR count). The number of benzene rings is 1. The fourth-order valence-corrected chi connectivity index (χ4v) is 3.46. The van der Waals surface area contributed by atoms with Gasteiger partial charge in [-0.2, -0.15) is 0 Å². The highest BCUT2D eigenvalue weighted by Crippen LogP contribution is 2.33. The maximum atomic E-state index is 4.67. The number of pyridine rings is 1. The molecule has 0 N–H and O–H groups in total. The monoisotopic (exact) mass is 291 g/mol. The van der Waals surface area contributed by atoms with E-state index in [0.717, 1.165) is 25.3 Å². The number of rotatable bonds is 1. The number of nitrogens with zero attached hydrogens (tertiary/aromatic N) is 3. The van der Waals surface area contributed by atoms with Crippen molar-refractivity contribution in [2.45, 2.75) is 26.8 Å². The molecule has 22 heavy (non-hydrogen) atoms. The molecule has 0 saturated heterocycles. The predicted octanol–water partition coefficient (Wildman–Crippen LogP) is 3.63. The van der Waals surface area contributed by atoms with Gasteiger partial charge in [0.1, 0.15) is 5.82 Å². The molecule has 3 heteroatoms. The number of fused-ring (bicyclic) bond motifs is 3. The zero-order chi connectivity index (χ0) is 15.3. The maximum Gasteiger partial charge on any atom is 0.137 e. The van der Waals surface area contributed by atoms with Crippen molar-refractivity contribution in [2.24, 2.45) is 0 Å². The highest BCUT2D eigenvalue weighted by molar-refractivity contribution is 5.88. The lowest BCUT2D eigenvalue weighted by Gasteiger charge is -2.24. The van der Waals surface area contributed by atoms with Crippen molar-refractivity contribution in [1.82, 2.24) is 14.5 Å². The lowest BCUT2D eigenvalue weighted by molar-refractivity contribution is 0.311. The average molecular weight is 291 g/mol. The van der Waals surface area contributed by atoms with Gasteiger partial charge in [0.25, 0.3) is 0 Å². The van der Waals surface area contributed by atoms with E-state index < -0.39 is 0 Å². The lowest BCUT2D eigenvalue weighted by Crippen LogP contribution is -2.27. The Morgan fingerprint density at radius 2 is 1.86 bits per heavy atom. The van der Waals surface area contributed by atoms with Crippen molar-refractivity contribution in [3.8, 4) is 5.82 Å². The smallest absolute Gasteiger partial charge is 0.137 e. The molecular formula is C19H21N3. The van der Waals surface area contributed by atoms with Crippen molar-refractivity contribution >= 4 is 10.9 Å². The van der Waals surface area contributed by atoms with Crippen LogP contribution in [0.5, 0.6) is 0 Å². The van der Waals surface area contributed by atoms with E-state index in [1.807, 2.05) is 6.20 Å². The molecule has 3 heterocycles. The summed E-state index contributed by atoms with van der Waals surface area (Å²) in [5.74, 6) is 1.03. The van der Waals surface area contributed by atoms with Gasteiger partial charge in [-0.3, -0.25) is 4.57 Å². The molecule has 0 fully saturated rings. The molecular weight excluding hydrogens is 270 g/mol. The van der Waals surface area contributed by atoms with E-state index in [9.17, 15) is 0 Å². The van der Waals surface area contributed by atoms with Crippen LogP contribution in [-0.2, 0) is 13.0 Å². The SMILES string of the molecule is Cc1ccc(-n2c3c(c4cc(C)ccc42)CN(C)CC3)nc1. The van der Waals surface area contributed by atoms with Crippen LogP contribution in [0.3, 0.4) is 0 Å². The summed E-state index contributed by atoms with van der Waals surface area (Å²) in [5.41, 5.74) is 6.69. The van der Waals surface area contributed by atoms with E-state index in [-0.39, 0.29) is 0 Å². The van der Waals surface area contributed by atoms with Gasteiger partial charge in [0, 0.05) is 36.8 Å². The molecule has 2 aromatic heterocycles. The van der Waals surface area contributed by atoms with Crippen LogP contribution in [0.2, 0.25) is 0 Å². The summed E-state index contributed by atoms with van der Waals surface area (Å²) in [4.78, 5) is 7.07. The van der Waals surface area contributed by atoms with Crippen molar-refractivity contribution in [3.63, 3.8) is 0 Å². The molecule has 0 bridgehead atoms. The number of likely N-dealkylation sites (N-methyl/N-ethyl adjacent to an activating group) is 1. The number of hydrogen-bond acceptors (Lipinski definition) is 2. The van der Waals surface area contributed by atoms with Crippen molar-refractivity contribution in [3.05, 3.63) is 58.9 Å². The molecule has 0 aliphatic carbocycles. The minimum Gasteiger partial charge on any atom is -0.302 e. The molecule has 0 atom stereocenters. The largest absolute Gasteiger partial charge is 0.302 e. The van der Waals surface area contributed by atoms with Crippen LogP contribution in [0, 0.1) is 13.8 Å². The van der Waals surface area contributed by atoms with Crippen molar-refractivity contribution < 1.29 is 0 Å². The highest BCUT2D eigenvalue weighted by Gasteiger charge is 2.23. The zero-order valence-electron chi connectivity index (χ0n) is 13.4. The topological polar surface area (TPSA) is 21.1 Å². The Kier molecular flexibility index (Phi) is 3.05. The Morgan fingerprint density at radius 1 is 1.05 bits per heavy atom. The fraction of sp³-hybridized carbons (Fsp3) is 0.316. The quantitative estimate of drug-likeness (QED) is 0.682. The standard InChI is InChI=1S/C19H21N3/c1-13-4-6-17-15(10-13)16-12-21(3)9-8-18(16)22(17)19-7-5-14(2)11-20-19/h4-7,10-11H,8-9,12H2,1-3H3. The van der Waals surface area contributed by atoms with Gasteiger partial charge in [-0.05, 0) is 50.2 Å². The van der Waals surface area contributed by atoms with Gasteiger partial charge in [-0.15, -0.1) is 0 Å². The molecule has 1 aliphatic heterocycles. The summed E-state index contributed by atoms with van der Waals surface area (Å²) in [6.07, 6.45) is 3.03. The van der Waals surface area contributed by atoms with Gasteiger partial charge in [0.15, 0.2) is 0 Å². The van der Waals surface area contributed by atoms with Crippen LogP contribution in [-0.4, -0.2) is 28.0 Å². The third-order valence-electron chi connectivity index (χ3n) is 4.62. The van der Waals surface area contributed by atoms with Crippen LogP contribution < -0.4 is 0 Å². The summed E-state index contributed by atoms with van der Waals surface area (Å²) in [5, 5.41) is 1.38. The van der Waals surface area contributed by atoms with Gasteiger partial charge >= 0.3 is 0 Å². The molecule has 1 aliphatic rings. The second-order valence-electron chi connectivity index (χ2n) is 6.46. The molecule has 3 nitrogen and oxygen atoms in total. The molecule has 0 radical (unpaired) electrons. The molecule has 0 unspecified atom stereocenters. The number of aryl methyl sites for hydroxylation is 2. The first kappa shape index (κ1) is 13.5. The van der Waals surface area contributed by atoms with E-state index in [1.165, 1.54) is 33.3 Å². The van der Waals surface area contributed by atoms with Crippen molar-refractivity contribution in [1.29, 1.82) is 0 Å². The molecule has 0 spiro atoms. The third-order valence-corrected chi connectivity index (χ3v) is 4.62. The van der Waals surface area contributed by atoms with Gasteiger partial charge in [0.05, 0.1) is 5.52 Å². The summed E-state index contributed by atoms with van der Waals surface area (Å²) < 4.78 is 2.36. The second-order valence-corrected chi connectivity index (χ2v) is 6.46. The average Bonchev–Trinajstić information content (AvgIpc) is 2.81. The van der Waals surface area contributed by atoms with Crippen LogP contribution in [0.15, 0.2) is 36.5 Å². The van der Waals surface area contributed by atoms with Crippen LogP contribution >= 0.6 is 0 Å². The number of hydrogen-bond donors (Lipinski definition) is 0. The van der Waals surface area contributed by atoms with E-state index in [1.54, 1.807) is 0 Å². The summed E-state index contributed by atoms with van der Waals surface area (Å²) in [6.45, 7) is 6.38. The maximum absolute atomic E-state index is 4.67. The summed E-state index contributed by atoms with van der Waals surface area (Å²) in [6, 6.07) is 11.0. The minimum absolute atomic E-state index is 1.02. The van der Waals surface area contributed by atoms with E-state index in [2.05, 4.69) is 65.7 Å². The van der Waals surface area contributed by atoms with Gasteiger partial charge in [-0.1, -0.05) is 17.7 Å². The Balaban J connectivity index is 2.03. The Labute approximate surface area is 131 Å². The van der Waals surface area contributed by atoms with Crippen LogP contribution in [0.4, 0.5) is 0 Å². The molecule has 112 valence electrons. The zero-order valence-corrected chi connectivity index (χ0v) is 13.4. The third kappa shape index (κ3) is 2.04. The fourth-order valence-electron chi connectivity index (χ4n) is 3.46.